The highest BCUT2D eigenvalue weighted by Crippen LogP contribution is 2.36. The lowest BCUT2D eigenvalue weighted by Crippen LogP contribution is -2.14. The van der Waals surface area contributed by atoms with Crippen molar-refractivity contribution < 1.29 is 36.1 Å². The predicted octanol–water partition coefficient (Wildman–Crippen LogP) is 3.18. The third-order valence-electron chi connectivity index (χ3n) is 3.82. The Morgan fingerprint density at radius 3 is 2.07 bits per heavy atom. The Labute approximate surface area is 161 Å². The van der Waals surface area contributed by atoms with Crippen LogP contribution >= 0.6 is 0 Å². The van der Waals surface area contributed by atoms with Gasteiger partial charge in [0.1, 0.15) is 6.33 Å². The number of nitro groups is 1. The fourth-order valence-electron chi connectivity index (χ4n) is 2.49. The number of nitrogens with zero attached hydrogens (tertiary/aromatic N) is 6. The molecule has 3 aromatic rings. The number of imidazole rings is 1. The maximum atomic E-state index is 13.0. The molecule has 15 heteroatoms. The summed E-state index contributed by atoms with van der Waals surface area (Å²) in [6, 6.07) is 0.359. The molecular formula is C15H8F6N6O3. The summed E-state index contributed by atoms with van der Waals surface area (Å²) in [7, 11) is 1.36. The fraction of sp³-hybridized carbons (Fsp3) is 0.200. The number of aryl methyl sites for hydroxylation is 1. The first-order chi connectivity index (χ1) is 13.8. The van der Waals surface area contributed by atoms with Crippen LogP contribution in [0.3, 0.4) is 0 Å². The number of aromatic nitrogens is 5. The smallest absolute Gasteiger partial charge is 0.358 e. The van der Waals surface area contributed by atoms with Crippen molar-refractivity contribution in [2.24, 2.45) is 7.05 Å². The molecule has 1 aromatic carbocycles. The molecule has 158 valence electrons. The third-order valence-corrected chi connectivity index (χ3v) is 3.82. The van der Waals surface area contributed by atoms with Gasteiger partial charge in [0.05, 0.1) is 11.1 Å². The van der Waals surface area contributed by atoms with Gasteiger partial charge >= 0.3 is 18.2 Å². The topological polar surface area (TPSA) is 109 Å². The highest BCUT2D eigenvalue weighted by molar-refractivity contribution is 6.06. The maximum Gasteiger partial charge on any atom is 0.416 e. The van der Waals surface area contributed by atoms with Crippen LogP contribution in [-0.4, -0.2) is 35.0 Å². The van der Waals surface area contributed by atoms with Crippen LogP contribution in [0.1, 0.15) is 27.3 Å². The molecule has 0 atom stereocenters. The van der Waals surface area contributed by atoms with Crippen molar-refractivity contribution in [3.05, 3.63) is 63.5 Å². The summed E-state index contributed by atoms with van der Waals surface area (Å²) in [6.45, 7) is 0. The molecule has 30 heavy (non-hydrogen) atoms. The number of hydrogen-bond acceptors (Lipinski definition) is 6. The van der Waals surface area contributed by atoms with E-state index in [4.69, 9.17) is 0 Å². The SMILES string of the molecule is Cn1cnc([N+](=O)[O-])c1-n1cnc(C(=O)c2cc(C(F)(F)F)cc(C(F)(F)F)c2)n1. The van der Waals surface area contributed by atoms with Crippen LogP contribution in [0.15, 0.2) is 30.9 Å². The second kappa shape index (κ2) is 6.93. The molecule has 0 spiro atoms. The molecule has 2 aromatic heterocycles. The van der Waals surface area contributed by atoms with Gasteiger partial charge in [-0.2, -0.15) is 31.0 Å². The average molecular weight is 434 g/mol. The lowest BCUT2D eigenvalue weighted by Gasteiger charge is -2.13. The van der Waals surface area contributed by atoms with Crippen molar-refractivity contribution in [3.63, 3.8) is 0 Å². The van der Waals surface area contributed by atoms with Gasteiger partial charge in [0.2, 0.25) is 23.8 Å². The number of halogens is 6. The first kappa shape index (κ1) is 20.9. The summed E-state index contributed by atoms with van der Waals surface area (Å²) < 4.78 is 79.7. The largest absolute Gasteiger partial charge is 0.416 e. The van der Waals surface area contributed by atoms with E-state index in [2.05, 4.69) is 15.1 Å². The van der Waals surface area contributed by atoms with E-state index in [0.717, 1.165) is 21.9 Å². The second-order valence-corrected chi connectivity index (χ2v) is 5.90. The molecule has 0 saturated heterocycles. The van der Waals surface area contributed by atoms with Crippen LogP contribution in [0.2, 0.25) is 0 Å². The zero-order chi connectivity index (χ0) is 22.4. The molecule has 0 bridgehead atoms. The van der Waals surface area contributed by atoms with Crippen molar-refractivity contribution >= 4 is 11.6 Å². The molecule has 9 nitrogen and oxygen atoms in total. The maximum absolute atomic E-state index is 13.0. The number of benzene rings is 1. The van der Waals surface area contributed by atoms with Gasteiger partial charge in [-0.15, -0.1) is 5.10 Å². The number of alkyl halides is 6. The van der Waals surface area contributed by atoms with Gasteiger partial charge in [-0.05, 0) is 28.1 Å². The molecule has 0 amide bonds. The summed E-state index contributed by atoms with van der Waals surface area (Å²) in [5, 5.41) is 14.7. The van der Waals surface area contributed by atoms with Gasteiger partial charge in [0.15, 0.2) is 0 Å². The molecule has 3 rings (SSSR count). The summed E-state index contributed by atoms with van der Waals surface area (Å²) in [6.07, 6.45) is -8.37. The standard InChI is InChI=1S/C15H8F6N6O3/c1-25-5-23-12(27(29)30)13(25)26-6-22-11(24-26)10(28)7-2-8(14(16,17)18)4-9(3-7)15(19,20)21/h2-6H,1H3. The Morgan fingerprint density at radius 2 is 1.57 bits per heavy atom. The number of ketones is 1. The highest BCUT2D eigenvalue weighted by atomic mass is 19.4. The number of carbonyl (C=O) groups is 1. The Kier molecular flexibility index (Phi) is 4.83. The Bertz CT molecular complexity index is 1110. The van der Waals surface area contributed by atoms with Gasteiger partial charge in [-0.3, -0.25) is 9.36 Å². The molecule has 0 aliphatic rings. The van der Waals surface area contributed by atoms with E-state index < -0.39 is 51.4 Å². The monoisotopic (exact) mass is 434 g/mol. The normalized spacial score (nSPS) is 12.2. The average Bonchev–Trinajstić information content (AvgIpc) is 3.25. The van der Waals surface area contributed by atoms with Crippen molar-refractivity contribution in [2.75, 3.05) is 0 Å². The zero-order valence-corrected chi connectivity index (χ0v) is 14.6. The Balaban J connectivity index is 2.07. The van der Waals surface area contributed by atoms with Crippen LogP contribution in [0.5, 0.6) is 0 Å². The minimum absolute atomic E-state index is 0.123. The van der Waals surface area contributed by atoms with Gasteiger partial charge in [0.25, 0.3) is 0 Å². The van der Waals surface area contributed by atoms with Crippen LogP contribution in [0, 0.1) is 10.1 Å². The minimum atomic E-state index is -5.14. The number of carbonyl (C=O) groups excluding carboxylic acids is 1. The number of rotatable bonds is 4. The molecular weight excluding hydrogens is 426 g/mol. The van der Waals surface area contributed by atoms with E-state index in [0.29, 0.717) is 0 Å². The van der Waals surface area contributed by atoms with Crippen molar-refractivity contribution in [1.82, 2.24) is 24.3 Å². The van der Waals surface area contributed by atoms with E-state index >= 15 is 0 Å². The van der Waals surface area contributed by atoms with Crippen LogP contribution in [-0.2, 0) is 19.4 Å². The van der Waals surface area contributed by atoms with Crippen LogP contribution in [0.25, 0.3) is 5.82 Å². The molecule has 0 N–H and O–H groups in total. The Hall–Kier alpha value is -3.78. The second-order valence-electron chi connectivity index (χ2n) is 5.90. The third kappa shape index (κ3) is 3.85. The first-order valence-electron chi connectivity index (χ1n) is 7.71. The van der Waals surface area contributed by atoms with E-state index in [1.165, 1.54) is 7.05 Å². The lowest BCUT2D eigenvalue weighted by molar-refractivity contribution is -0.389. The predicted molar refractivity (Wildman–Crippen MR) is 84.7 cm³/mol. The molecule has 0 aliphatic carbocycles. The van der Waals surface area contributed by atoms with Crippen molar-refractivity contribution in [2.45, 2.75) is 12.4 Å². The Morgan fingerprint density at radius 1 is 1.00 bits per heavy atom. The summed E-state index contributed by atoms with van der Waals surface area (Å²) >= 11 is 0. The molecule has 0 aliphatic heterocycles. The molecule has 0 saturated carbocycles. The first-order valence-corrected chi connectivity index (χ1v) is 7.71. The van der Waals surface area contributed by atoms with E-state index in [1.54, 1.807) is 0 Å². The fourth-order valence-corrected chi connectivity index (χ4v) is 2.49. The van der Waals surface area contributed by atoms with Crippen molar-refractivity contribution in [3.8, 4) is 5.82 Å². The highest BCUT2D eigenvalue weighted by Gasteiger charge is 2.38. The molecule has 2 heterocycles. The summed E-state index contributed by atoms with van der Waals surface area (Å²) in [4.78, 5) is 29.7. The molecule has 0 radical (unpaired) electrons. The lowest BCUT2D eigenvalue weighted by atomic mass is 10.0. The van der Waals surface area contributed by atoms with Crippen LogP contribution in [0.4, 0.5) is 32.2 Å². The van der Waals surface area contributed by atoms with Gasteiger partial charge < -0.3 is 10.1 Å². The van der Waals surface area contributed by atoms with Gasteiger partial charge in [-0.25, -0.2) is 4.98 Å². The van der Waals surface area contributed by atoms with E-state index in [1.807, 2.05) is 0 Å². The van der Waals surface area contributed by atoms with Crippen LogP contribution < -0.4 is 0 Å². The van der Waals surface area contributed by atoms with Crippen molar-refractivity contribution in [1.29, 1.82) is 0 Å². The molecule has 0 fully saturated rings. The van der Waals surface area contributed by atoms with E-state index in [9.17, 15) is 41.3 Å². The van der Waals surface area contributed by atoms with Gasteiger partial charge in [0, 0.05) is 12.6 Å². The van der Waals surface area contributed by atoms with E-state index in [-0.39, 0.29) is 24.0 Å². The van der Waals surface area contributed by atoms with Gasteiger partial charge in [-0.1, -0.05) is 0 Å². The molecule has 0 unspecified atom stereocenters. The minimum Gasteiger partial charge on any atom is -0.358 e. The summed E-state index contributed by atoms with van der Waals surface area (Å²) in [5.41, 5.74) is -4.31. The zero-order valence-electron chi connectivity index (χ0n) is 14.6. The summed E-state index contributed by atoms with van der Waals surface area (Å²) in [5.74, 6) is -2.99. The number of hydrogen-bond donors (Lipinski definition) is 0. The quantitative estimate of drug-likeness (QED) is 0.270.